The van der Waals surface area contributed by atoms with E-state index in [-0.39, 0.29) is 0 Å². The van der Waals surface area contributed by atoms with Crippen molar-refractivity contribution in [2.75, 3.05) is 6.54 Å². The summed E-state index contributed by atoms with van der Waals surface area (Å²) in [5.41, 5.74) is 3.35. The smallest absolute Gasteiger partial charge is 0.159 e. The SMILES string of the molecule is CCCNCc1ccnc(-c2ccccc2C)n1. The molecule has 0 bridgehead atoms. The summed E-state index contributed by atoms with van der Waals surface area (Å²) in [7, 11) is 0. The molecule has 0 saturated carbocycles. The zero-order valence-corrected chi connectivity index (χ0v) is 11.0. The molecule has 2 rings (SSSR count). The van der Waals surface area contributed by atoms with Crippen LogP contribution in [0.2, 0.25) is 0 Å². The molecule has 0 aliphatic carbocycles. The molecule has 3 heteroatoms. The van der Waals surface area contributed by atoms with Crippen molar-refractivity contribution in [3.8, 4) is 11.4 Å². The molecule has 18 heavy (non-hydrogen) atoms. The third-order valence-corrected chi connectivity index (χ3v) is 2.83. The molecule has 0 saturated heterocycles. The number of hydrogen-bond donors (Lipinski definition) is 1. The molecule has 1 N–H and O–H groups in total. The molecule has 3 nitrogen and oxygen atoms in total. The Balaban J connectivity index is 2.19. The first kappa shape index (κ1) is 12.7. The third-order valence-electron chi connectivity index (χ3n) is 2.83. The van der Waals surface area contributed by atoms with Gasteiger partial charge in [0.25, 0.3) is 0 Å². The average molecular weight is 241 g/mol. The number of nitrogens with one attached hydrogen (secondary N) is 1. The lowest BCUT2D eigenvalue weighted by molar-refractivity contribution is 0.663. The van der Waals surface area contributed by atoms with Gasteiger partial charge in [-0.3, -0.25) is 0 Å². The molecule has 2 aromatic rings. The third kappa shape index (κ3) is 3.14. The van der Waals surface area contributed by atoms with Crippen LogP contribution >= 0.6 is 0 Å². The molecule has 1 aromatic heterocycles. The fourth-order valence-electron chi connectivity index (χ4n) is 1.84. The molecule has 0 fully saturated rings. The second-order valence-electron chi connectivity index (χ2n) is 4.36. The van der Waals surface area contributed by atoms with Crippen LogP contribution in [0.5, 0.6) is 0 Å². The van der Waals surface area contributed by atoms with Gasteiger partial charge in [-0.15, -0.1) is 0 Å². The molecule has 1 aromatic carbocycles. The van der Waals surface area contributed by atoms with E-state index in [1.54, 1.807) is 0 Å². The van der Waals surface area contributed by atoms with E-state index in [0.29, 0.717) is 0 Å². The van der Waals surface area contributed by atoms with E-state index in [4.69, 9.17) is 0 Å². The number of rotatable bonds is 5. The van der Waals surface area contributed by atoms with Gasteiger partial charge in [0.05, 0.1) is 5.69 Å². The maximum absolute atomic E-state index is 4.60. The Labute approximate surface area is 108 Å². The summed E-state index contributed by atoms with van der Waals surface area (Å²) in [6.07, 6.45) is 2.97. The molecule has 0 unspecified atom stereocenters. The van der Waals surface area contributed by atoms with Gasteiger partial charge in [0.1, 0.15) is 0 Å². The minimum atomic E-state index is 0.801. The fraction of sp³-hybridized carbons (Fsp3) is 0.333. The molecular formula is C15H19N3. The highest BCUT2D eigenvalue weighted by atomic mass is 14.9. The van der Waals surface area contributed by atoms with Crippen molar-refractivity contribution in [3.05, 3.63) is 47.8 Å². The Bertz CT molecular complexity index is 509. The molecule has 0 atom stereocenters. The van der Waals surface area contributed by atoms with E-state index < -0.39 is 0 Å². The highest BCUT2D eigenvalue weighted by Gasteiger charge is 2.04. The van der Waals surface area contributed by atoms with Crippen molar-refractivity contribution in [2.45, 2.75) is 26.8 Å². The zero-order valence-electron chi connectivity index (χ0n) is 11.0. The first-order chi connectivity index (χ1) is 8.81. The summed E-state index contributed by atoms with van der Waals surface area (Å²) in [4.78, 5) is 8.96. The Morgan fingerprint density at radius 1 is 1.17 bits per heavy atom. The average Bonchev–Trinajstić information content (AvgIpc) is 2.40. The van der Waals surface area contributed by atoms with Crippen LogP contribution in [0.3, 0.4) is 0 Å². The van der Waals surface area contributed by atoms with Crippen LogP contribution in [-0.4, -0.2) is 16.5 Å². The summed E-state index contributed by atoms with van der Waals surface area (Å²) in [6.45, 7) is 6.06. The van der Waals surface area contributed by atoms with Gasteiger partial charge in [0.2, 0.25) is 0 Å². The largest absolute Gasteiger partial charge is 0.311 e. The minimum Gasteiger partial charge on any atom is -0.311 e. The Morgan fingerprint density at radius 3 is 2.78 bits per heavy atom. The summed E-state index contributed by atoms with van der Waals surface area (Å²) in [6, 6.07) is 10.2. The fourth-order valence-corrected chi connectivity index (χ4v) is 1.84. The second kappa shape index (κ2) is 6.26. The first-order valence-corrected chi connectivity index (χ1v) is 6.40. The van der Waals surface area contributed by atoms with E-state index in [9.17, 15) is 0 Å². The van der Waals surface area contributed by atoms with Crippen LogP contribution in [0.25, 0.3) is 11.4 Å². The highest BCUT2D eigenvalue weighted by molar-refractivity contribution is 5.59. The Hall–Kier alpha value is -1.74. The number of hydrogen-bond acceptors (Lipinski definition) is 3. The topological polar surface area (TPSA) is 37.8 Å². The van der Waals surface area contributed by atoms with Crippen LogP contribution in [-0.2, 0) is 6.54 Å². The van der Waals surface area contributed by atoms with E-state index in [2.05, 4.69) is 41.3 Å². The summed E-state index contributed by atoms with van der Waals surface area (Å²) in [5, 5.41) is 3.35. The quantitative estimate of drug-likeness (QED) is 0.818. The molecule has 0 aliphatic rings. The zero-order chi connectivity index (χ0) is 12.8. The van der Waals surface area contributed by atoms with Gasteiger partial charge in [-0.2, -0.15) is 0 Å². The summed E-state index contributed by atoms with van der Waals surface area (Å²) in [5.74, 6) is 0.809. The maximum Gasteiger partial charge on any atom is 0.159 e. The monoisotopic (exact) mass is 241 g/mol. The van der Waals surface area contributed by atoms with Crippen LogP contribution < -0.4 is 5.32 Å². The predicted octanol–water partition coefficient (Wildman–Crippen LogP) is 2.95. The lowest BCUT2D eigenvalue weighted by Gasteiger charge is -2.06. The van der Waals surface area contributed by atoms with Crippen molar-refractivity contribution in [1.29, 1.82) is 0 Å². The van der Waals surface area contributed by atoms with Crippen LogP contribution in [0.1, 0.15) is 24.6 Å². The van der Waals surface area contributed by atoms with Crippen molar-refractivity contribution in [1.82, 2.24) is 15.3 Å². The highest BCUT2D eigenvalue weighted by Crippen LogP contribution is 2.18. The molecular weight excluding hydrogens is 222 g/mol. The van der Waals surface area contributed by atoms with E-state index in [1.807, 2.05) is 24.4 Å². The van der Waals surface area contributed by atoms with Crippen molar-refractivity contribution in [2.24, 2.45) is 0 Å². The predicted molar refractivity (Wildman–Crippen MR) is 74.2 cm³/mol. The van der Waals surface area contributed by atoms with Crippen molar-refractivity contribution in [3.63, 3.8) is 0 Å². The van der Waals surface area contributed by atoms with Crippen LogP contribution in [0.15, 0.2) is 36.5 Å². The molecule has 0 amide bonds. The van der Waals surface area contributed by atoms with E-state index in [0.717, 1.165) is 36.6 Å². The van der Waals surface area contributed by atoms with Gasteiger partial charge in [-0.05, 0) is 31.5 Å². The van der Waals surface area contributed by atoms with E-state index >= 15 is 0 Å². The van der Waals surface area contributed by atoms with Gasteiger partial charge in [-0.25, -0.2) is 9.97 Å². The molecule has 1 heterocycles. The standard InChI is InChI=1S/C15H19N3/c1-3-9-16-11-13-8-10-17-15(18-13)14-7-5-4-6-12(14)2/h4-8,10,16H,3,9,11H2,1-2H3. The summed E-state index contributed by atoms with van der Waals surface area (Å²) < 4.78 is 0. The van der Waals surface area contributed by atoms with Gasteiger partial charge in [0.15, 0.2) is 5.82 Å². The lowest BCUT2D eigenvalue weighted by Crippen LogP contribution is -2.15. The minimum absolute atomic E-state index is 0.801. The van der Waals surface area contributed by atoms with Gasteiger partial charge >= 0.3 is 0 Å². The second-order valence-corrected chi connectivity index (χ2v) is 4.36. The number of aromatic nitrogens is 2. The molecule has 94 valence electrons. The molecule has 0 radical (unpaired) electrons. The van der Waals surface area contributed by atoms with Crippen LogP contribution in [0.4, 0.5) is 0 Å². The Morgan fingerprint density at radius 2 is 2.00 bits per heavy atom. The lowest BCUT2D eigenvalue weighted by atomic mass is 10.1. The van der Waals surface area contributed by atoms with Crippen molar-refractivity contribution < 1.29 is 0 Å². The normalized spacial score (nSPS) is 10.6. The summed E-state index contributed by atoms with van der Waals surface area (Å²) >= 11 is 0. The number of benzene rings is 1. The molecule has 0 spiro atoms. The molecule has 0 aliphatic heterocycles. The van der Waals surface area contributed by atoms with Gasteiger partial charge in [0, 0.05) is 18.3 Å². The number of aryl methyl sites for hydroxylation is 1. The van der Waals surface area contributed by atoms with Gasteiger partial charge < -0.3 is 5.32 Å². The van der Waals surface area contributed by atoms with Crippen molar-refractivity contribution >= 4 is 0 Å². The first-order valence-electron chi connectivity index (χ1n) is 6.40. The van der Waals surface area contributed by atoms with E-state index in [1.165, 1.54) is 5.56 Å². The van der Waals surface area contributed by atoms with Crippen LogP contribution in [0, 0.1) is 6.92 Å². The maximum atomic E-state index is 4.60. The van der Waals surface area contributed by atoms with Gasteiger partial charge in [-0.1, -0.05) is 31.2 Å². The Kier molecular flexibility index (Phi) is 4.42. The number of nitrogens with zero attached hydrogens (tertiary/aromatic N) is 2.